The van der Waals surface area contributed by atoms with Crippen LogP contribution in [0.5, 0.6) is 0 Å². The number of hydrogen-bond donors (Lipinski definition) is 3. The summed E-state index contributed by atoms with van der Waals surface area (Å²) in [6.07, 6.45) is 4.61. The maximum Gasteiger partial charge on any atom is 0.221 e. The van der Waals surface area contributed by atoms with Crippen LogP contribution >= 0.6 is 0 Å². The van der Waals surface area contributed by atoms with Gasteiger partial charge in [-0.15, -0.1) is 0 Å². The van der Waals surface area contributed by atoms with Crippen molar-refractivity contribution in [2.75, 3.05) is 19.0 Å². The zero-order chi connectivity index (χ0) is 16.0. The van der Waals surface area contributed by atoms with E-state index >= 15 is 0 Å². The molecule has 3 fully saturated rings. The topological polar surface area (TPSA) is 56.4 Å². The van der Waals surface area contributed by atoms with E-state index in [0.717, 1.165) is 5.92 Å². The lowest BCUT2D eigenvalue weighted by Gasteiger charge is -2.41. The number of piperidine rings is 1. The predicted octanol–water partition coefficient (Wildman–Crippen LogP) is 1.57. The SMILES string of the molecule is CN(C)c1ccc(C2CC(=O)NC3NNC(C4CCC4)C32)cc1. The molecule has 2 heterocycles. The van der Waals surface area contributed by atoms with Crippen LogP contribution in [-0.4, -0.2) is 32.2 Å². The molecule has 3 N–H and O–H groups in total. The summed E-state index contributed by atoms with van der Waals surface area (Å²) in [6.45, 7) is 0. The highest BCUT2D eigenvalue weighted by Crippen LogP contribution is 2.43. The Morgan fingerprint density at radius 3 is 2.43 bits per heavy atom. The molecule has 0 aromatic heterocycles. The lowest BCUT2D eigenvalue weighted by Crippen LogP contribution is -2.53. The second-order valence-corrected chi connectivity index (χ2v) is 7.42. The van der Waals surface area contributed by atoms with E-state index in [-0.39, 0.29) is 18.0 Å². The van der Waals surface area contributed by atoms with E-state index in [9.17, 15) is 4.79 Å². The van der Waals surface area contributed by atoms with Crippen molar-refractivity contribution in [3.63, 3.8) is 0 Å². The molecule has 1 aliphatic carbocycles. The second-order valence-electron chi connectivity index (χ2n) is 7.42. The highest BCUT2D eigenvalue weighted by molar-refractivity contribution is 5.78. The van der Waals surface area contributed by atoms with Gasteiger partial charge in [-0.2, -0.15) is 0 Å². The first-order valence-corrected chi connectivity index (χ1v) is 8.71. The van der Waals surface area contributed by atoms with E-state index < -0.39 is 0 Å². The van der Waals surface area contributed by atoms with Crippen LogP contribution in [0.3, 0.4) is 0 Å². The lowest BCUT2D eigenvalue weighted by molar-refractivity contribution is -0.125. The Kier molecular flexibility index (Phi) is 3.77. The smallest absolute Gasteiger partial charge is 0.221 e. The number of carbonyl (C=O) groups is 1. The molecule has 2 saturated heterocycles. The van der Waals surface area contributed by atoms with Gasteiger partial charge in [0.1, 0.15) is 0 Å². The van der Waals surface area contributed by atoms with E-state index in [1.165, 1.54) is 30.5 Å². The van der Waals surface area contributed by atoms with E-state index in [0.29, 0.717) is 18.4 Å². The average Bonchev–Trinajstić information content (AvgIpc) is 2.88. The van der Waals surface area contributed by atoms with Crippen molar-refractivity contribution in [3.05, 3.63) is 29.8 Å². The third-order valence-electron chi connectivity index (χ3n) is 5.89. The highest BCUT2D eigenvalue weighted by Gasteiger charge is 2.49. The first-order chi connectivity index (χ1) is 11.1. The van der Waals surface area contributed by atoms with Crippen molar-refractivity contribution in [3.8, 4) is 0 Å². The molecule has 2 aliphatic heterocycles. The number of benzene rings is 1. The van der Waals surface area contributed by atoms with Gasteiger partial charge in [-0.1, -0.05) is 18.6 Å². The number of anilines is 1. The van der Waals surface area contributed by atoms with Crippen LogP contribution in [0.25, 0.3) is 0 Å². The number of fused-ring (bicyclic) bond motifs is 1. The Balaban J connectivity index is 1.62. The van der Waals surface area contributed by atoms with Gasteiger partial charge in [0, 0.05) is 44.1 Å². The first-order valence-electron chi connectivity index (χ1n) is 8.71. The summed E-state index contributed by atoms with van der Waals surface area (Å²) in [7, 11) is 4.10. The molecule has 0 bridgehead atoms. The number of rotatable bonds is 3. The molecule has 4 rings (SSSR count). The Bertz CT molecular complexity index is 581. The van der Waals surface area contributed by atoms with Crippen molar-refractivity contribution in [2.24, 2.45) is 11.8 Å². The Morgan fingerprint density at radius 1 is 1.09 bits per heavy atom. The molecule has 5 nitrogen and oxygen atoms in total. The monoisotopic (exact) mass is 314 g/mol. The summed E-state index contributed by atoms with van der Waals surface area (Å²) in [6, 6.07) is 9.18. The number of nitrogens with zero attached hydrogens (tertiary/aromatic N) is 1. The molecular weight excluding hydrogens is 288 g/mol. The van der Waals surface area contributed by atoms with Crippen LogP contribution in [-0.2, 0) is 4.79 Å². The van der Waals surface area contributed by atoms with Crippen LogP contribution in [0.2, 0.25) is 0 Å². The quantitative estimate of drug-likeness (QED) is 0.793. The molecule has 1 saturated carbocycles. The summed E-state index contributed by atoms with van der Waals surface area (Å²) in [5.74, 6) is 1.62. The van der Waals surface area contributed by atoms with Gasteiger partial charge in [-0.25, -0.2) is 5.43 Å². The maximum absolute atomic E-state index is 12.1. The minimum atomic E-state index is 0.0559. The molecule has 124 valence electrons. The fraction of sp³-hybridized carbons (Fsp3) is 0.611. The number of hydrogen-bond acceptors (Lipinski definition) is 4. The van der Waals surface area contributed by atoms with Crippen molar-refractivity contribution in [1.82, 2.24) is 16.2 Å². The fourth-order valence-corrected chi connectivity index (χ4v) is 4.36. The Hall–Kier alpha value is -1.59. The number of hydrazine groups is 1. The minimum Gasteiger partial charge on any atom is -0.378 e. The zero-order valence-corrected chi connectivity index (χ0v) is 13.9. The minimum absolute atomic E-state index is 0.0559. The number of carbonyl (C=O) groups excluding carboxylic acids is 1. The lowest BCUT2D eigenvalue weighted by atomic mass is 9.68. The molecule has 0 radical (unpaired) electrons. The Labute approximate surface area is 137 Å². The number of nitrogens with one attached hydrogen (secondary N) is 3. The normalized spacial score (nSPS) is 33.7. The summed E-state index contributed by atoms with van der Waals surface area (Å²) in [4.78, 5) is 14.2. The molecule has 1 aromatic carbocycles. The zero-order valence-electron chi connectivity index (χ0n) is 13.9. The summed E-state index contributed by atoms with van der Waals surface area (Å²) >= 11 is 0. The summed E-state index contributed by atoms with van der Waals surface area (Å²) < 4.78 is 0. The van der Waals surface area contributed by atoms with Crippen molar-refractivity contribution < 1.29 is 4.79 Å². The molecule has 4 atom stereocenters. The van der Waals surface area contributed by atoms with Gasteiger partial charge in [-0.3, -0.25) is 10.2 Å². The van der Waals surface area contributed by atoms with Crippen molar-refractivity contribution in [1.29, 1.82) is 0 Å². The number of amides is 1. The largest absolute Gasteiger partial charge is 0.378 e. The van der Waals surface area contributed by atoms with Gasteiger partial charge in [0.15, 0.2) is 0 Å². The Morgan fingerprint density at radius 2 is 1.83 bits per heavy atom. The molecule has 1 amide bonds. The van der Waals surface area contributed by atoms with Crippen molar-refractivity contribution >= 4 is 11.6 Å². The van der Waals surface area contributed by atoms with Gasteiger partial charge in [0.2, 0.25) is 5.91 Å². The van der Waals surface area contributed by atoms with E-state index in [2.05, 4.69) is 59.4 Å². The van der Waals surface area contributed by atoms with Gasteiger partial charge in [0.05, 0.1) is 6.17 Å². The van der Waals surface area contributed by atoms with Gasteiger partial charge in [0.25, 0.3) is 0 Å². The van der Waals surface area contributed by atoms with Crippen LogP contribution in [0.1, 0.15) is 37.2 Å². The predicted molar refractivity (Wildman–Crippen MR) is 90.9 cm³/mol. The second kappa shape index (κ2) is 5.80. The van der Waals surface area contributed by atoms with E-state index in [1.807, 2.05) is 0 Å². The molecule has 1 aromatic rings. The summed E-state index contributed by atoms with van der Waals surface area (Å²) in [5, 5.41) is 3.12. The molecule has 4 unspecified atom stereocenters. The van der Waals surface area contributed by atoms with Crippen LogP contribution in [0.4, 0.5) is 5.69 Å². The van der Waals surface area contributed by atoms with Gasteiger partial charge in [-0.05, 0) is 36.5 Å². The van der Waals surface area contributed by atoms with Crippen LogP contribution < -0.4 is 21.1 Å². The fourth-order valence-electron chi connectivity index (χ4n) is 4.36. The van der Waals surface area contributed by atoms with Crippen LogP contribution in [0, 0.1) is 11.8 Å². The molecule has 5 heteroatoms. The van der Waals surface area contributed by atoms with E-state index in [4.69, 9.17) is 0 Å². The first kappa shape index (κ1) is 15.0. The van der Waals surface area contributed by atoms with E-state index in [1.54, 1.807) is 0 Å². The maximum atomic E-state index is 12.1. The molecular formula is C18H26N4O. The molecule has 0 spiro atoms. The third kappa shape index (κ3) is 2.62. The third-order valence-corrected chi connectivity index (χ3v) is 5.89. The average molecular weight is 314 g/mol. The standard InChI is InChI=1S/C18H26N4O/c1-22(2)13-8-6-11(7-9-13)14-10-15(23)19-18-16(14)17(20-21-18)12-4-3-5-12/h6-9,12,14,16-18,20-21H,3-5,10H2,1-2H3,(H,19,23). The molecule has 23 heavy (non-hydrogen) atoms. The highest BCUT2D eigenvalue weighted by atomic mass is 16.2. The molecule has 3 aliphatic rings. The van der Waals surface area contributed by atoms with Crippen molar-refractivity contribution in [2.45, 2.75) is 43.8 Å². The summed E-state index contributed by atoms with van der Waals surface area (Å²) in [5.41, 5.74) is 9.29. The van der Waals surface area contributed by atoms with Gasteiger partial charge < -0.3 is 10.2 Å². The van der Waals surface area contributed by atoms with Gasteiger partial charge >= 0.3 is 0 Å². The van der Waals surface area contributed by atoms with Crippen LogP contribution in [0.15, 0.2) is 24.3 Å².